The third kappa shape index (κ3) is 2.79. The lowest BCUT2D eigenvalue weighted by atomic mass is 9.76. The predicted octanol–water partition coefficient (Wildman–Crippen LogP) is 2.91. The molecule has 0 saturated heterocycles. The first-order chi connectivity index (χ1) is 13.7. The minimum Gasteiger partial charge on any atom is -0.493 e. The van der Waals surface area contributed by atoms with Crippen molar-refractivity contribution in [1.82, 2.24) is 4.90 Å². The topological polar surface area (TPSA) is 60.4 Å². The van der Waals surface area contributed by atoms with Crippen molar-refractivity contribution in [3.8, 4) is 23.0 Å². The van der Waals surface area contributed by atoms with E-state index in [0.717, 1.165) is 53.6 Å². The molecule has 2 atom stereocenters. The molecule has 2 aromatic rings. The van der Waals surface area contributed by atoms with Crippen LogP contribution >= 0.6 is 0 Å². The summed E-state index contributed by atoms with van der Waals surface area (Å²) in [5.41, 5.74) is 4.66. The molecule has 28 heavy (non-hydrogen) atoms. The van der Waals surface area contributed by atoms with Crippen molar-refractivity contribution < 1.29 is 24.1 Å². The van der Waals surface area contributed by atoms with Gasteiger partial charge in [-0.2, -0.15) is 0 Å². The van der Waals surface area contributed by atoms with E-state index in [4.69, 9.17) is 18.9 Å². The van der Waals surface area contributed by atoms with Gasteiger partial charge in [0.15, 0.2) is 23.0 Å². The monoisotopic (exact) mass is 385 g/mol. The average molecular weight is 385 g/mol. The smallest absolute Gasteiger partial charge is 0.165 e. The molecule has 0 aliphatic carbocycles. The van der Waals surface area contributed by atoms with Crippen LogP contribution in [0.15, 0.2) is 24.3 Å². The molecule has 0 saturated carbocycles. The summed E-state index contributed by atoms with van der Waals surface area (Å²) in [6, 6.07) is 8.21. The van der Waals surface area contributed by atoms with E-state index in [1.54, 1.807) is 28.4 Å². The number of benzene rings is 2. The average Bonchev–Trinajstić information content (AvgIpc) is 2.75. The Morgan fingerprint density at radius 2 is 1.64 bits per heavy atom. The van der Waals surface area contributed by atoms with Crippen LogP contribution in [-0.4, -0.2) is 51.6 Å². The molecule has 2 aliphatic rings. The highest BCUT2D eigenvalue weighted by Gasteiger charge is 2.41. The molecule has 0 spiro atoms. The van der Waals surface area contributed by atoms with Crippen LogP contribution in [0.1, 0.15) is 34.2 Å². The second kappa shape index (κ2) is 7.53. The van der Waals surface area contributed by atoms with Gasteiger partial charge < -0.3 is 24.1 Å². The number of fused-ring (bicyclic) bond motifs is 4. The Labute approximate surface area is 165 Å². The minimum atomic E-state index is -0.0549. The Morgan fingerprint density at radius 3 is 2.29 bits per heavy atom. The Morgan fingerprint density at radius 1 is 0.929 bits per heavy atom. The lowest BCUT2D eigenvalue weighted by Gasteiger charge is -2.46. The van der Waals surface area contributed by atoms with Crippen molar-refractivity contribution >= 4 is 0 Å². The van der Waals surface area contributed by atoms with Gasteiger partial charge in [-0.25, -0.2) is 0 Å². The van der Waals surface area contributed by atoms with Crippen LogP contribution in [0.2, 0.25) is 0 Å². The molecule has 1 N–H and O–H groups in total. The van der Waals surface area contributed by atoms with Gasteiger partial charge >= 0.3 is 0 Å². The van der Waals surface area contributed by atoms with E-state index in [0.29, 0.717) is 0 Å². The zero-order valence-electron chi connectivity index (χ0n) is 16.8. The molecule has 0 radical (unpaired) electrons. The van der Waals surface area contributed by atoms with Crippen LogP contribution in [0.5, 0.6) is 23.0 Å². The maximum Gasteiger partial charge on any atom is 0.165 e. The van der Waals surface area contributed by atoms with Crippen LogP contribution in [-0.2, 0) is 13.0 Å². The molecule has 0 aromatic heterocycles. The standard InChI is InChI=1S/C22H27NO5/c1-25-18-6-5-14-16(22(18)28-4)11-23-8-7-13-9-19(26-2)20(27-3)10-15(13)21(23)17(14)12-24/h5-6,9-10,17,21,24H,7-8,11-12H2,1-4H3. The number of hydrogen-bond acceptors (Lipinski definition) is 6. The molecule has 0 fully saturated rings. The normalized spacial score (nSPS) is 20.6. The number of ether oxygens (including phenoxy) is 4. The predicted molar refractivity (Wildman–Crippen MR) is 106 cm³/mol. The second-order valence-electron chi connectivity index (χ2n) is 7.23. The fourth-order valence-corrected chi connectivity index (χ4v) is 4.77. The maximum absolute atomic E-state index is 10.4. The van der Waals surface area contributed by atoms with E-state index in [9.17, 15) is 5.11 Å². The number of nitrogens with zero attached hydrogens (tertiary/aromatic N) is 1. The van der Waals surface area contributed by atoms with Crippen molar-refractivity contribution in [3.63, 3.8) is 0 Å². The van der Waals surface area contributed by atoms with Gasteiger partial charge in [-0.1, -0.05) is 6.07 Å². The fraction of sp³-hybridized carbons (Fsp3) is 0.455. The van der Waals surface area contributed by atoms with Gasteiger partial charge in [0.25, 0.3) is 0 Å². The Balaban J connectivity index is 1.86. The van der Waals surface area contributed by atoms with E-state index in [1.807, 2.05) is 6.07 Å². The Bertz CT molecular complexity index is 882. The zero-order chi connectivity index (χ0) is 19.8. The van der Waals surface area contributed by atoms with E-state index in [-0.39, 0.29) is 18.6 Å². The molecule has 2 aromatic carbocycles. The molecule has 2 heterocycles. The Kier molecular flexibility index (Phi) is 5.08. The molecular weight excluding hydrogens is 358 g/mol. The first-order valence-corrected chi connectivity index (χ1v) is 9.50. The number of aliphatic hydroxyl groups is 1. The van der Waals surface area contributed by atoms with Crippen molar-refractivity contribution in [2.45, 2.75) is 24.9 Å². The van der Waals surface area contributed by atoms with Crippen molar-refractivity contribution in [2.24, 2.45) is 0 Å². The first kappa shape index (κ1) is 18.9. The van der Waals surface area contributed by atoms with Gasteiger partial charge in [0.2, 0.25) is 0 Å². The van der Waals surface area contributed by atoms with Gasteiger partial charge in [0, 0.05) is 30.6 Å². The summed E-state index contributed by atoms with van der Waals surface area (Å²) in [5.74, 6) is 2.90. The van der Waals surface area contributed by atoms with E-state index in [1.165, 1.54) is 11.1 Å². The van der Waals surface area contributed by atoms with Crippen LogP contribution in [0.4, 0.5) is 0 Å². The summed E-state index contributed by atoms with van der Waals surface area (Å²) >= 11 is 0. The van der Waals surface area contributed by atoms with Crippen molar-refractivity contribution in [1.29, 1.82) is 0 Å². The molecule has 2 unspecified atom stereocenters. The molecule has 6 nitrogen and oxygen atoms in total. The molecule has 0 bridgehead atoms. The molecule has 4 rings (SSSR count). The maximum atomic E-state index is 10.4. The van der Waals surface area contributed by atoms with Gasteiger partial charge in [0.05, 0.1) is 35.0 Å². The fourth-order valence-electron chi connectivity index (χ4n) is 4.77. The summed E-state index contributed by atoms with van der Waals surface area (Å²) < 4.78 is 22.2. The second-order valence-corrected chi connectivity index (χ2v) is 7.23. The number of rotatable bonds is 5. The van der Waals surface area contributed by atoms with E-state index >= 15 is 0 Å². The molecule has 2 aliphatic heterocycles. The van der Waals surface area contributed by atoms with Gasteiger partial charge in [0.1, 0.15) is 0 Å². The number of hydrogen-bond donors (Lipinski definition) is 1. The summed E-state index contributed by atoms with van der Waals surface area (Å²) in [6.07, 6.45) is 0.923. The van der Waals surface area contributed by atoms with Crippen LogP contribution < -0.4 is 18.9 Å². The van der Waals surface area contributed by atoms with Gasteiger partial charge in [-0.3, -0.25) is 4.90 Å². The highest BCUT2D eigenvalue weighted by atomic mass is 16.5. The van der Waals surface area contributed by atoms with Crippen molar-refractivity contribution in [3.05, 3.63) is 46.5 Å². The number of methoxy groups -OCH3 is 4. The highest BCUT2D eigenvalue weighted by molar-refractivity contribution is 5.56. The van der Waals surface area contributed by atoms with E-state index < -0.39 is 0 Å². The van der Waals surface area contributed by atoms with Crippen LogP contribution in [0.3, 0.4) is 0 Å². The summed E-state index contributed by atoms with van der Waals surface area (Å²) in [4.78, 5) is 2.42. The van der Waals surface area contributed by atoms with E-state index in [2.05, 4.69) is 23.1 Å². The molecule has 0 amide bonds. The SMILES string of the molecule is COc1cc2c(cc1OC)C1C(CO)c3ccc(OC)c(OC)c3CN1CC2. The molecule has 6 heteroatoms. The quantitative estimate of drug-likeness (QED) is 0.854. The van der Waals surface area contributed by atoms with Gasteiger partial charge in [-0.05, 0) is 41.3 Å². The lowest BCUT2D eigenvalue weighted by molar-refractivity contribution is 0.0998. The highest BCUT2D eigenvalue weighted by Crippen LogP contribution is 2.50. The third-order valence-electron chi connectivity index (χ3n) is 6.05. The van der Waals surface area contributed by atoms with Crippen molar-refractivity contribution in [2.75, 3.05) is 41.6 Å². The molecule has 150 valence electrons. The van der Waals surface area contributed by atoms with Crippen LogP contribution in [0.25, 0.3) is 0 Å². The minimum absolute atomic E-state index is 0.0530. The summed E-state index contributed by atoms with van der Waals surface area (Å²) in [5, 5.41) is 10.4. The largest absolute Gasteiger partial charge is 0.493 e. The summed E-state index contributed by atoms with van der Waals surface area (Å²) in [7, 11) is 6.63. The Hall–Kier alpha value is -2.44. The summed E-state index contributed by atoms with van der Waals surface area (Å²) in [6.45, 7) is 1.71. The molecular formula is C22H27NO5. The van der Waals surface area contributed by atoms with Crippen LogP contribution in [0, 0.1) is 0 Å². The third-order valence-corrected chi connectivity index (χ3v) is 6.05. The number of aliphatic hydroxyl groups excluding tert-OH is 1. The zero-order valence-corrected chi connectivity index (χ0v) is 16.8. The lowest BCUT2D eigenvalue weighted by Crippen LogP contribution is -2.42. The first-order valence-electron chi connectivity index (χ1n) is 9.50. The van der Waals surface area contributed by atoms with Gasteiger partial charge in [-0.15, -0.1) is 0 Å².